The summed E-state index contributed by atoms with van der Waals surface area (Å²) in [4.78, 5) is 0. The summed E-state index contributed by atoms with van der Waals surface area (Å²) in [7, 11) is 0. The van der Waals surface area contributed by atoms with Crippen LogP contribution in [0, 0.1) is 11.3 Å². The fourth-order valence-corrected chi connectivity index (χ4v) is 1.79. The average molecular weight is 220 g/mol. The highest BCUT2D eigenvalue weighted by Crippen LogP contribution is 2.10. The third-order valence-corrected chi connectivity index (χ3v) is 2.81. The maximum Gasteiger partial charge on any atom is 0.114 e. The fourth-order valence-electron chi connectivity index (χ4n) is 1.34. The van der Waals surface area contributed by atoms with Crippen molar-refractivity contribution in [1.82, 2.24) is 0 Å². The first kappa shape index (κ1) is 11.9. The molecule has 1 aromatic rings. The van der Waals surface area contributed by atoms with Gasteiger partial charge < -0.3 is 5.32 Å². The molecule has 1 atom stereocenters. The number of hydrogen-bond donors (Lipinski definition) is 1. The topological polar surface area (TPSA) is 35.8 Å². The van der Waals surface area contributed by atoms with Gasteiger partial charge in [-0.05, 0) is 37.0 Å². The molecule has 0 spiro atoms. The summed E-state index contributed by atoms with van der Waals surface area (Å²) >= 11 is 1.82. The molecule has 1 aromatic carbocycles. The minimum atomic E-state index is -0.0699. The molecule has 0 aliphatic rings. The van der Waals surface area contributed by atoms with Gasteiger partial charge in [0.25, 0.3) is 0 Å². The highest BCUT2D eigenvalue weighted by atomic mass is 32.2. The monoisotopic (exact) mass is 220 g/mol. The first-order chi connectivity index (χ1) is 7.36. The average Bonchev–Trinajstić information content (AvgIpc) is 2.29. The number of benzene rings is 1. The first-order valence-corrected chi connectivity index (χ1v) is 6.46. The second-order valence-corrected chi connectivity index (χ2v) is 4.31. The Hall–Kier alpha value is -1.14. The molecule has 1 N–H and O–H groups in total. The summed E-state index contributed by atoms with van der Waals surface area (Å²) in [6.07, 6.45) is 4.08. The minimum Gasteiger partial charge on any atom is -0.370 e. The second-order valence-electron chi connectivity index (χ2n) is 3.33. The van der Waals surface area contributed by atoms with Gasteiger partial charge in [-0.1, -0.05) is 18.2 Å². The molecule has 15 heavy (non-hydrogen) atoms. The molecule has 0 bridgehead atoms. The van der Waals surface area contributed by atoms with Crippen molar-refractivity contribution in [3.63, 3.8) is 0 Å². The molecule has 0 amide bonds. The molecule has 0 aromatic heterocycles. The number of anilines is 1. The Bertz CT molecular complexity index is 305. The van der Waals surface area contributed by atoms with E-state index in [0.717, 1.165) is 24.3 Å². The molecule has 0 fully saturated rings. The molecular formula is C12H16N2S. The Morgan fingerprint density at radius 3 is 2.73 bits per heavy atom. The molecule has 1 rings (SSSR count). The Morgan fingerprint density at radius 2 is 2.13 bits per heavy atom. The smallest absolute Gasteiger partial charge is 0.114 e. The molecule has 3 heteroatoms. The molecule has 0 saturated heterocycles. The molecule has 0 aliphatic carbocycles. The van der Waals surface area contributed by atoms with E-state index in [1.54, 1.807) is 0 Å². The van der Waals surface area contributed by atoms with Gasteiger partial charge in [-0.2, -0.15) is 17.0 Å². The third kappa shape index (κ3) is 4.75. The Labute approximate surface area is 95.7 Å². The van der Waals surface area contributed by atoms with Crippen molar-refractivity contribution in [3.05, 3.63) is 30.3 Å². The summed E-state index contributed by atoms with van der Waals surface area (Å²) in [6, 6.07) is 12.1. The van der Waals surface area contributed by atoms with E-state index in [4.69, 9.17) is 5.26 Å². The van der Waals surface area contributed by atoms with Crippen LogP contribution in [0.5, 0.6) is 0 Å². The normalized spacial score (nSPS) is 11.7. The first-order valence-electron chi connectivity index (χ1n) is 5.07. The Kier molecular flexibility index (Phi) is 5.72. The van der Waals surface area contributed by atoms with E-state index < -0.39 is 0 Å². The predicted octanol–water partition coefficient (Wildman–Crippen LogP) is 3.13. The van der Waals surface area contributed by atoms with Crippen LogP contribution in [0.2, 0.25) is 0 Å². The van der Waals surface area contributed by atoms with Gasteiger partial charge in [-0.15, -0.1) is 0 Å². The maximum atomic E-state index is 8.97. The molecular weight excluding hydrogens is 204 g/mol. The van der Waals surface area contributed by atoms with Gasteiger partial charge in [0.1, 0.15) is 6.04 Å². The molecule has 0 heterocycles. The van der Waals surface area contributed by atoms with Gasteiger partial charge in [-0.3, -0.25) is 0 Å². The van der Waals surface area contributed by atoms with Crippen LogP contribution in [0.1, 0.15) is 12.8 Å². The van der Waals surface area contributed by atoms with Crippen LogP contribution in [0.15, 0.2) is 30.3 Å². The summed E-state index contributed by atoms with van der Waals surface area (Å²) in [6.45, 7) is 0. The van der Waals surface area contributed by atoms with Gasteiger partial charge in [-0.25, -0.2) is 0 Å². The number of para-hydroxylation sites is 1. The van der Waals surface area contributed by atoms with Crippen molar-refractivity contribution in [3.8, 4) is 6.07 Å². The fraction of sp³-hybridized carbons (Fsp3) is 0.417. The van der Waals surface area contributed by atoms with E-state index in [1.165, 1.54) is 0 Å². The summed E-state index contributed by atoms with van der Waals surface area (Å²) in [5, 5.41) is 12.2. The third-order valence-electron chi connectivity index (χ3n) is 2.11. The van der Waals surface area contributed by atoms with E-state index in [-0.39, 0.29) is 6.04 Å². The summed E-state index contributed by atoms with van der Waals surface area (Å²) < 4.78 is 0. The van der Waals surface area contributed by atoms with Gasteiger partial charge in [0.2, 0.25) is 0 Å². The van der Waals surface area contributed by atoms with Gasteiger partial charge in [0, 0.05) is 5.69 Å². The number of rotatable bonds is 6. The largest absolute Gasteiger partial charge is 0.370 e. The Morgan fingerprint density at radius 1 is 1.40 bits per heavy atom. The zero-order valence-electron chi connectivity index (χ0n) is 8.94. The van der Waals surface area contributed by atoms with Crippen LogP contribution in [-0.2, 0) is 0 Å². The number of nitriles is 1. The lowest BCUT2D eigenvalue weighted by Crippen LogP contribution is -2.17. The molecule has 0 radical (unpaired) electrons. The molecule has 2 nitrogen and oxygen atoms in total. The lowest BCUT2D eigenvalue weighted by molar-refractivity contribution is 0.755. The lowest BCUT2D eigenvalue weighted by Gasteiger charge is -2.12. The van der Waals surface area contributed by atoms with E-state index in [2.05, 4.69) is 17.6 Å². The molecule has 80 valence electrons. The molecule has 1 unspecified atom stereocenters. The second kappa shape index (κ2) is 7.19. The SMILES string of the molecule is CSCCCC(C#N)Nc1ccccc1. The van der Waals surface area contributed by atoms with Crippen LogP contribution in [0.3, 0.4) is 0 Å². The van der Waals surface area contributed by atoms with E-state index in [9.17, 15) is 0 Å². The molecule has 0 aliphatic heterocycles. The maximum absolute atomic E-state index is 8.97. The highest BCUT2D eigenvalue weighted by molar-refractivity contribution is 7.98. The van der Waals surface area contributed by atoms with Crippen molar-refractivity contribution >= 4 is 17.4 Å². The number of thioether (sulfide) groups is 1. The van der Waals surface area contributed by atoms with Crippen molar-refractivity contribution in [2.45, 2.75) is 18.9 Å². The van der Waals surface area contributed by atoms with Crippen molar-refractivity contribution in [1.29, 1.82) is 5.26 Å². The van der Waals surface area contributed by atoms with Gasteiger partial charge in [0.05, 0.1) is 6.07 Å². The van der Waals surface area contributed by atoms with Gasteiger partial charge >= 0.3 is 0 Å². The highest BCUT2D eigenvalue weighted by Gasteiger charge is 2.05. The van der Waals surface area contributed by atoms with E-state index >= 15 is 0 Å². The zero-order chi connectivity index (χ0) is 10.9. The lowest BCUT2D eigenvalue weighted by atomic mass is 10.2. The molecule has 0 saturated carbocycles. The zero-order valence-corrected chi connectivity index (χ0v) is 9.76. The van der Waals surface area contributed by atoms with E-state index in [1.807, 2.05) is 42.1 Å². The summed E-state index contributed by atoms with van der Waals surface area (Å²) in [5.41, 5.74) is 1.02. The number of nitrogens with zero attached hydrogens (tertiary/aromatic N) is 1. The standard InChI is InChI=1S/C12H16N2S/c1-15-9-5-8-12(10-13)14-11-6-3-2-4-7-11/h2-4,6-7,12,14H,5,8-9H2,1H3. The minimum absolute atomic E-state index is 0.0699. The van der Waals surface area contributed by atoms with Crippen molar-refractivity contribution in [2.75, 3.05) is 17.3 Å². The number of nitrogens with one attached hydrogen (secondary N) is 1. The Balaban J connectivity index is 2.38. The van der Waals surface area contributed by atoms with Crippen LogP contribution >= 0.6 is 11.8 Å². The van der Waals surface area contributed by atoms with Crippen molar-refractivity contribution in [2.24, 2.45) is 0 Å². The predicted molar refractivity (Wildman–Crippen MR) is 67.1 cm³/mol. The number of hydrogen-bond acceptors (Lipinski definition) is 3. The quantitative estimate of drug-likeness (QED) is 0.748. The van der Waals surface area contributed by atoms with Crippen molar-refractivity contribution < 1.29 is 0 Å². The van der Waals surface area contributed by atoms with Crippen LogP contribution < -0.4 is 5.32 Å². The van der Waals surface area contributed by atoms with Crippen LogP contribution in [-0.4, -0.2) is 18.1 Å². The van der Waals surface area contributed by atoms with E-state index in [0.29, 0.717) is 0 Å². The summed E-state index contributed by atoms with van der Waals surface area (Å²) in [5.74, 6) is 1.12. The van der Waals surface area contributed by atoms with Gasteiger partial charge in [0.15, 0.2) is 0 Å². The van der Waals surface area contributed by atoms with Crippen LogP contribution in [0.25, 0.3) is 0 Å². The van der Waals surface area contributed by atoms with Crippen LogP contribution in [0.4, 0.5) is 5.69 Å².